The number of aromatic nitrogens is 1. The van der Waals surface area contributed by atoms with E-state index in [1.165, 1.54) is 35.0 Å². The van der Waals surface area contributed by atoms with Crippen LogP contribution in [0, 0.1) is 0 Å². The SMILES string of the molecule is CN(C)C1CCN(c2ccc(C(C)(C)C)c3cc[nH]c23)CC1. The summed E-state index contributed by atoms with van der Waals surface area (Å²) >= 11 is 0. The fraction of sp³-hybridized carbons (Fsp3) is 0.579. The third kappa shape index (κ3) is 2.74. The molecule has 0 radical (unpaired) electrons. The highest BCUT2D eigenvalue weighted by molar-refractivity contribution is 5.94. The highest BCUT2D eigenvalue weighted by atomic mass is 15.2. The van der Waals surface area contributed by atoms with Gasteiger partial charge in [-0.15, -0.1) is 0 Å². The fourth-order valence-electron chi connectivity index (χ4n) is 3.68. The molecule has 1 saturated heterocycles. The molecule has 3 heteroatoms. The molecule has 1 fully saturated rings. The molecule has 0 spiro atoms. The number of hydrogen-bond acceptors (Lipinski definition) is 2. The van der Waals surface area contributed by atoms with Crippen molar-refractivity contribution in [2.24, 2.45) is 0 Å². The number of H-pyrrole nitrogens is 1. The zero-order valence-corrected chi connectivity index (χ0v) is 14.6. The van der Waals surface area contributed by atoms with Crippen LogP contribution in [-0.2, 0) is 5.41 Å². The number of fused-ring (bicyclic) bond motifs is 1. The van der Waals surface area contributed by atoms with E-state index in [1.54, 1.807) is 0 Å². The summed E-state index contributed by atoms with van der Waals surface area (Å²) in [6.07, 6.45) is 4.57. The summed E-state index contributed by atoms with van der Waals surface area (Å²) in [6.45, 7) is 9.16. The van der Waals surface area contributed by atoms with E-state index < -0.39 is 0 Å². The second-order valence-electron chi connectivity index (χ2n) is 7.83. The maximum atomic E-state index is 3.48. The van der Waals surface area contributed by atoms with E-state index in [-0.39, 0.29) is 5.41 Å². The lowest BCUT2D eigenvalue weighted by Crippen LogP contribution is -2.42. The van der Waals surface area contributed by atoms with Crippen molar-refractivity contribution in [3.8, 4) is 0 Å². The fourth-order valence-corrected chi connectivity index (χ4v) is 3.68. The van der Waals surface area contributed by atoms with Gasteiger partial charge in [0.15, 0.2) is 0 Å². The molecule has 0 aliphatic carbocycles. The Morgan fingerprint density at radius 3 is 2.36 bits per heavy atom. The summed E-state index contributed by atoms with van der Waals surface area (Å²) in [6, 6.07) is 7.59. The van der Waals surface area contributed by atoms with E-state index in [0.717, 1.165) is 19.1 Å². The molecule has 0 unspecified atom stereocenters. The molecular formula is C19H29N3. The number of anilines is 1. The lowest BCUT2D eigenvalue weighted by Gasteiger charge is -2.37. The zero-order chi connectivity index (χ0) is 15.9. The maximum Gasteiger partial charge on any atom is 0.0694 e. The summed E-state index contributed by atoms with van der Waals surface area (Å²) in [5.74, 6) is 0. The molecule has 0 atom stereocenters. The molecule has 0 bridgehead atoms. The number of piperidine rings is 1. The molecule has 2 heterocycles. The summed E-state index contributed by atoms with van der Waals surface area (Å²) in [4.78, 5) is 8.39. The maximum absolute atomic E-state index is 3.48. The number of hydrogen-bond donors (Lipinski definition) is 1. The Balaban J connectivity index is 1.92. The molecule has 1 aliphatic rings. The number of nitrogens with one attached hydrogen (secondary N) is 1. The number of aromatic amines is 1. The molecule has 1 N–H and O–H groups in total. The molecule has 2 aromatic rings. The van der Waals surface area contributed by atoms with Crippen LogP contribution in [0.15, 0.2) is 24.4 Å². The van der Waals surface area contributed by atoms with Crippen LogP contribution in [0.4, 0.5) is 5.69 Å². The van der Waals surface area contributed by atoms with Gasteiger partial charge in [-0.25, -0.2) is 0 Å². The van der Waals surface area contributed by atoms with Crippen LogP contribution in [0.5, 0.6) is 0 Å². The monoisotopic (exact) mass is 299 g/mol. The van der Waals surface area contributed by atoms with Crippen molar-refractivity contribution in [3.63, 3.8) is 0 Å². The third-order valence-corrected chi connectivity index (χ3v) is 5.04. The quantitative estimate of drug-likeness (QED) is 0.905. The molecule has 3 nitrogen and oxygen atoms in total. The van der Waals surface area contributed by atoms with E-state index in [2.05, 4.69) is 74.0 Å². The van der Waals surface area contributed by atoms with Gasteiger partial charge in [0.1, 0.15) is 0 Å². The lowest BCUT2D eigenvalue weighted by atomic mass is 9.84. The van der Waals surface area contributed by atoms with E-state index in [1.807, 2.05) is 0 Å². The first kappa shape index (κ1) is 15.4. The summed E-state index contributed by atoms with van der Waals surface area (Å²) in [5, 5.41) is 1.37. The van der Waals surface area contributed by atoms with Gasteiger partial charge in [-0.2, -0.15) is 0 Å². The molecule has 22 heavy (non-hydrogen) atoms. The second-order valence-corrected chi connectivity index (χ2v) is 7.83. The molecule has 0 amide bonds. The first-order valence-electron chi connectivity index (χ1n) is 8.40. The first-order valence-corrected chi connectivity index (χ1v) is 8.40. The van der Waals surface area contributed by atoms with Crippen LogP contribution in [-0.4, -0.2) is 43.1 Å². The van der Waals surface area contributed by atoms with Gasteiger partial charge in [-0.3, -0.25) is 0 Å². The van der Waals surface area contributed by atoms with Crippen molar-refractivity contribution in [1.82, 2.24) is 9.88 Å². The Kier molecular flexibility index (Phi) is 3.94. The normalized spacial score (nSPS) is 17.6. The summed E-state index contributed by atoms with van der Waals surface area (Å²) in [5.41, 5.74) is 4.27. The molecule has 120 valence electrons. The molecule has 0 saturated carbocycles. The van der Waals surface area contributed by atoms with Gasteiger partial charge in [0.2, 0.25) is 0 Å². The number of nitrogens with zero attached hydrogens (tertiary/aromatic N) is 2. The van der Waals surface area contributed by atoms with Crippen molar-refractivity contribution in [3.05, 3.63) is 30.0 Å². The van der Waals surface area contributed by atoms with Crippen LogP contribution in [0.1, 0.15) is 39.2 Å². The number of rotatable bonds is 2. The van der Waals surface area contributed by atoms with Crippen LogP contribution in [0.3, 0.4) is 0 Å². The topological polar surface area (TPSA) is 22.3 Å². The average molecular weight is 299 g/mol. The minimum atomic E-state index is 0.177. The number of benzene rings is 1. The lowest BCUT2D eigenvalue weighted by molar-refractivity contribution is 0.250. The van der Waals surface area contributed by atoms with Crippen LogP contribution in [0.25, 0.3) is 10.9 Å². The molecule has 1 aliphatic heterocycles. The van der Waals surface area contributed by atoms with Gasteiger partial charge < -0.3 is 14.8 Å². The standard InChI is InChI=1S/C19H29N3/c1-19(2,3)16-6-7-17(18-15(16)8-11-20-18)22-12-9-14(10-13-22)21(4)5/h6-8,11,14,20H,9-10,12-13H2,1-5H3. The van der Waals surface area contributed by atoms with Crippen LogP contribution < -0.4 is 4.90 Å². The van der Waals surface area contributed by atoms with Gasteiger partial charge in [0, 0.05) is 30.7 Å². The van der Waals surface area contributed by atoms with E-state index >= 15 is 0 Å². The molecule has 1 aromatic heterocycles. The predicted molar refractivity (Wildman–Crippen MR) is 95.9 cm³/mol. The Bertz CT molecular complexity index is 640. The van der Waals surface area contributed by atoms with E-state index in [0.29, 0.717) is 0 Å². The van der Waals surface area contributed by atoms with E-state index in [9.17, 15) is 0 Å². The predicted octanol–water partition coefficient (Wildman–Crippen LogP) is 4.00. The van der Waals surface area contributed by atoms with Gasteiger partial charge in [0.25, 0.3) is 0 Å². The Morgan fingerprint density at radius 2 is 1.77 bits per heavy atom. The van der Waals surface area contributed by atoms with Crippen molar-refractivity contribution < 1.29 is 0 Å². The summed E-state index contributed by atoms with van der Waals surface area (Å²) in [7, 11) is 4.39. The highest BCUT2D eigenvalue weighted by Crippen LogP contribution is 2.35. The minimum absolute atomic E-state index is 0.177. The second kappa shape index (κ2) is 5.62. The molecular weight excluding hydrogens is 270 g/mol. The van der Waals surface area contributed by atoms with Gasteiger partial charge in [0.05, 0.1) is 11.2 Å². The Morgan fingerprint density at radius 1 is 1.09 bits per heavy atom. The Hall–Kier alpha value is -1.48. The smallest absolute Gasteiger partial charge is 0.0694 e. The average Bonchev–Trinajstić information content (AvgIpc) is 2.94. The largest absolute Gasteiger partial charge is 0.370 e. The van der Waals surface area contributed by atoms with Crippen LogP contribution >= 0.6 is 0 Å². The molecule has 3 rings (SSSR count). The van der Waals surface area contributed by atoms with Crippen molar-refractivity contribution in [1.29, 1.82) is 0 Å². The van der Waals surface area contributed by atoms with Crippen molar-refractivity contribution in [2.75, 3.05) is 32.1 Å². The van der Waals surface area contributed by atoms with Crippen molar-refractivity contribution in [2.45, 2.75) is 45.1 Å². The van der Waals surface area contributed by atoms with Gasteiger partial charge in [-0.05, 0) is 50.0 Å². The van der Waals surface area contributed by atoms with E-state index in [4.69, 9.17) is 0 Å². The van der Waals surface area contributed by atoms with Gasteiger partial charge >= 0.3 is 0 Å². The third-order valence-electron chi connectivity index (χ3n) is 5.04. The molecule has 1 aromatic carbocycles. The summed E-state index contributed by atoms with van der Waals surface area (Å²) < 4.78 is 0. The zero-order valence-electron chi connectivity index (χ0n) is 14.6. The van der Waals surface area contributed by atoms with Crippen molar-refractivity contribution >= 4 is 16.6 Å². The minimum Gasteiger partial charge on any atom is -0.370 e. The first-order chi connectivity index (χ1) is 10.4. The highest BCUT2D eigenvalue weighted by Gasteiger charge is 2.24. The van der Waals surface area contributed by atoms with Gasteiger partial charge in [-0.1, -0.05) is 26.8 Å². The Labute approximate surface area is 134 Å². The van der Waals surface area contributed by atoms with Crippen LogP contribution in [0.2, 0.25) is 0 Å².